The number of nitrogens with one attached hydrogen (secondary N) is 3. The van der Waals surface area contributed by atoms with Crippen LogP contribution in [0.1, 0.15) is 0 Å². The van der Waals surface area contributed by atoms with Crippen molar-refractivity contribution in [1.29, 1.82) is 0 Å². The molecule has 0 radical (unpaired) electrons. The van der Waals surface area contributed by atoms with Gasteiger partial charge in [-0.05, 0) is 0 Å². The lowest BCUT2D eigenvalue weighted by Gasteiger charge is -2.03. The maximum absolute atomic E-state index is 11.5. The molecule has 2 heterocycles. The first-order chi connectivity index (χ1) is 8.15. The molecule has 0 spiro atoms. The Balaban J connectivity index is 2.08. The number of nitrogens with zero attached hydrogens (tertiary/aromatic N) is 2. The van der Waals surface area contributed by atoms with E-state index in [4.69, 9.17) is 0 Å². The van der Waals surface area contributed by atoms with Crippen molar-refractivity contribution < 1.29 is 4.79 Å². The molecular formula is C9H9N5O3. The molecule has 2 rings (SSSR count). The normalized spacial score (nSPS) is 10.1. The number of H-pyrrole nitrogens is 2. The highest BCUT2D eigenvalue weighted by Crippen LogP contribution is 1.94. The number of rotatable bonds is 3. The summed E-state index contributed by atoms with van der Waals surface area (Å²) in [5, 5.41) is 2.45. The molecule has 0 saturated carbocycles. The van der Waals surface area contributed by atoms with Crippen LogP contribution in [-0.4, -0.2) is 25.4 Å². The summed E-state index contributed by atoms with van der Waals surface area (Å²) < 4.78 is 1.08. The first kappa shape index (κ1) is 10.9. The summed E-state index contributed by atoms with van der Waals surface area (Å²) in [7, 11) is 0. The smallest absolute Gasteiger partial charge is 0.328 e. The average Bonchev–Trinajstić information content (AvgIpc) is 2.75. The van der Waals surface area contributed by atoms with E-state index in [1.807, 2.05) is 0 Å². The summed E-state index contributed by atoms with van der Waals surface area (Å²) in [6.45, 7) is -0.198. The maximum atomic E-state index is 11.5. The molecule has 2 aromatic rings. The monoisotopic (exact) mass is 235 g/mol. The molecule has 17 heavy (non-hydrogen) atoms. The van der Waals surface area contributed by atoms with Crippen molar-refractivity contribution in [3.05, 3.63) is 45.5 Å². The Hall–Kier alpha value is -2.64. The van der Waals surface area contributed by atoms with E-state index in [2.05, 4.69) is 20.3 Å². The van der Waals surface area contributed by atoms with Crippen molar-refractivity contribution in [2.24, 2.45) is 0 Å². The maximum Gasteiger partial charge on any atom is 0.328 e. The Labute approximate surface area is 94.3 Å². The molecule has 8 heteroatoms. The molecule has 2 aromatic heterocycles. The first-order valence-electron chi connectivity index (χ1n) is 4.74. The van der Waals surface area contributed by atoms with Gasteiger partial charge in [-0.15, -0.1) is 0 Å². The number of hydrogen-bond donors (Lipinski definition) is 3. The molecule has 0 bridgehead atoms. The van der Waals surface area contributed by atoms with Crippen LogP contribution in [0.25, 0.3) is 0 Å². The lowest BCUT2D eigenvalue weighted by molar-refractivity contribution is -0.116. The Morgan fingerprint density at radius 3 is 2.94 bits per heavy atom. The highest BCUT2D eigenvalue weighted by Gasteiger charge is 2.06. The molecule has 0 unspecified atom stereocenters. The Morgan fingerprint density at radius 1 is 1.47 bits per heavy atom. The van der Waals surface area contributed by atoms with Gasteiger partial charge in [0.15, 0.2) is 0 Å². The van der Waals surface area contributed by atoms with Crippen LogP contribution in [0.15, 0.2) is 34.2 Å². The number of carbonyl (C=O) groups is 1. The zero-order valence-electron chi connectivity index (χ0n) is 8.64. The predicted molar refractivity (Wildman–Crippen MR) is 58.5 cm³/mol. The lowest BCUT2D eigenvalue weighted by Crippen LogP contribution is -2.32. The van der Waals surface area contributed by atoms with Crippen molar-refractivity contribution in [1.82, 2.24) is 19.5 Å². The van der Waals surface area contributed by atoms with Crippen molar-refractivity contribution in [3.8, 4) is 0 Å². The van der Waals surface area contributed by atoms with E-state index in [1.165, 1.54) is 18.5 Å². The van der Waals surface area contributed by atoms with E-state index in [9.17, 15) is 14.4 Å². The summed E-state index contributed by atoms with van der Waals surface area (Å²) >= 11 is 0. The van der Waals surface area contributed by atoms with Crippen molar-refractivity contribution in [3.63, 3.8) is 0 Å². The summed E-state index contributed by atoms with van der Waals surface area (Å²) in [6, 6.07) is 1.17. The summed E-state index contributed by atoms with van der Waals surface area (Å²) in [5.74, 6) is -0.124. The number of aromatic nitrogens is 4. The Bertz CT molecular complexity index is 625. The highest BCUT2D eigenvalue weighted by atomic mass is 16.2. The molecule has 0 aliphatic heterocycles. The van der Waals surface area contributed by atoms with E-state index in [0.29, 0.717) is 5.95 Å². The van der Waals surface area contributed by atoms with Gasteiger partial charge in [0.25, 0.3) is 5.56 Å². The van der Waals surface area contributed by atoms with Crippen LogP contribution >= 0.6 is 0 Å². The first-order valence-corrected chi connectivity index (χ1v) is 4.74. The van der Waals surface area contributed by atoms with E-state index >= 15 is 0 Å². The van der Waals surface area contributed by atoms with E-state index < -0.39 is 17.2 Å². The second kappa shape index (κ2) is 4.47. The quantitative estimate of drug-likeness (QED) is 0.626. The second-order valence-electron chi connectivity index (χ2n) is 3.22. The summed E-state index contributed by atoms with van der Waals surface area (Å²) in [4.78, 5) is 42.1. The van der Waals surface area contributed by atoms with Gasteiger partial charge in [0.05, 0.1) is 0 Å². The standard InChI is InChI=1S/C9H9N5O3/c15-6-1-4-14(9(17)13-6)5-7(16)12-8-10-2-3-11-8/h1-4H,5H2,(H,13,15,17)(H2,10,11,12,16). The molecule has 0 aliphatic carbocycles. The number of imidazole rings is 1. The Morgan fingerprint density at radius 2 is 2.29 bits per heavy atom. The van der Waals surface area contributed by atoms with E-state index in [-0.39, 0.29) is 6.54 Å². The minimum Gasteiger partial charge on any atom is -0.331 e. The molecule has 1 amide bonds. The van der Waals surface area contributed by atoms with Crippen molar-refractivity contribution in [2.75, 3.05) is 5.32 Å². The fourth-order valence-electron chi connectivity index (χ4n) is 1.23. The van der Waals surface area contributed by atoms with Crippen LogP contribution < -0.4 is 16.6 Å². The van der Waals surface area contributed by atoms with Gasteiger partial charge in [-0.2, -0.15) is 0 Å². The summed E-state index contributed by atoms with van der Waals surface area (Å²) in [5.41, 5.74) is -1.13. The SMILES string of the molecule is O=C(Cn1ccc(=O)[nH]c1=O)Nc1ncc[nH]1. The summed E-state index contributed by atoms with van der Waals surface area (Å²) in [6.07, 6.45) is 4.30. The highest BCUT2D eigenvalue weighted by molar-refractivity contribution is 5.88. The van der Waals surface area contributed by atoms with Crippen molar-refractivity contribution >= 4 is 11.9 Å². The number of carbonyl (C=O) groups excluding carboxylic acids is 1. The van der Waals surface area contributed by atoms with Crippen LogP contribution in [0.5, 0.6) is 0 Å². The van der Waals surface area contributed by atoms with Crippen LogP contribution in [0.3, 0.4) is 0 Å². The third-order valence-electron chi connectivity index (χ3n) is 1.97. The number of aromatic amines is 2. The number of amides is 1. The van der Waals surface area contributed by atoms with Gasteiger partial charge in [0, 0.05) is 24.7 Å². The largest absolute Gasteiger partial charge is 0.331 e. The third-order valence-corrected chi connectivity index (χ3v) is 1.97. The van der Waals surface area contributed by atoms with Gasteiger partial charge in [0.1, 0.15) is 6.54 Å². The molecule has 88 valence electrons. The van der Waals surface area contributed by atoms with Gasteiger partial charge >= 0.3 is 5.69 Å². The van der Waals surface area contributed by atoms with Gasteiger partial charge in [0.2, 0.25) is 11.9 Å². The van der Waals surface area contributed by atoms with Gasteiger partial charge in [-0.1, -0.05) is 0 Å². The predicted octanol–water partition coefficient (Wildman–Crippen LogP) is -1.10. The van der Waals surface area contributed by atoms with Crippen LogP contribution in [0.4, 0.5) is 5.95 Å². The third kappa shape index (κ3) is 2.68. The zero-order chi connectivity index (χ0) is 12.3. The molecule has 0 aliphatic rings. The average molecular weight is 235 g/mol. The second-order valence-corrected chi connectivity index (χ2v) is 3.22. The minimum absolute atomic E-state index is 0.198. The lowest BCUT2D eigenvalue weighted by atomic mass is 10.5. The van der Waals surface area contributed by atoms with Gasteiger partial charge < -0.3 is 4.98 Å². The van der Waals surface area contributed by atoms with Gasteiger partial charge in [-0.25, -0.2) is 9.78 Å². The van der Waals surface area contributed by atoms with Crippen LogP contribution in [0, 0.1) is 0 Å². The van der Waals surface area contributed by atoms with Crippen LogP contribution in [-0.2, 0) is 11.3 Å². The molecule has 0 atom stereocenters. The van der Waals surface area contributed by atoms with E-state index in [0.717, 1.165) is 4.57 Å². The molecule has 8 nitrogen and oxygen atoms in total. The fraction of sp³-hybridized carbons (Fsp3) is 0.111. The number of hydrogen-bond acceptors (Lipinski definition) is 4. The van der Waals surface area contributed by atoms with Crippen molar-refractivity contribution in [2.45, 2.75) is 6.54 Å². The number of anilines is 1. The van der Waals surface area contributed by atoms with E-state index in [1.54, 1.807) is 6.20 Å². The molecule has 0 fully saturated rings. The minimum atomic E-state index is -0.632. The molecule has 0 saturated heterocycles. The topological polar surface area (TPSA) is 113 Å². The molecular weight excluding hydrogens is 226 g/mol. The molecule has 3 N–H and O–H groups in total. The van der Waals surface area contributed by atoms with Crippen LogP contribution in [0.2, 0.25) is 0 Å². The molecule has 0 aromatic carbocycles. The fourth-order valence-corrected chi connectivity index (χ4v) is 1.23. The van der Waals surface area contributed by atoms with Gasteiger partial charge in [-0.3, -0.25) is 24.5 Å². The Kier molecular flexibility index (Phi) is 2.86. The zero-order valence-corrected chi connectivity index (χ0v) is 8.64.